The standard InChI is InChI=1S/C24H21N3O3S/c1-15-7-6-8-16(2)22(15)26-21(29)14-31-24-25-20-12-11-18(28)13-19(20)23(30)27(24)17-9-4-3-5-10-17/h3-13,28H,14H2,1-2H3,(H,26,29). The molecule has 0 aliphatic heterocycles. The lowest BCUT2D eigenvalue weighted by molar-refractivity contribution is -0.113. The van der Waals surface area contributed by atoms with Gasteiger partial charge in [-0.2, -0.15) is 0 Å². The Hall–Kier alpha value is -3.58. The number of aromatic nitrogens is 2. The fraction of sp³-hybridized carbons (Fsp3) is 0.125. The molecule has 2 N–H and O–H groups in total. The molecule has 0 saturated carbocycles. The minimum atomic E-state index is -0.301. The van der Waals surface area contributed by atoms with E-state index in [0.29, 0.717) is 21.7 Å². The molecule has 0 bridgehead atoms. The summed E-state index contributed by atoms with van der Waals surface area (Å²) in [4.78, 5) is 30.5. The summed E-state index contributed by atoms with van der Waals surface area (Å²) < 4.78 is 1.47. The molecule has 7 heteroatoms. The van der Waals surface area contributed by atoms with Crippen molar-refractivity contribution in [2.75, 3.05) is 11.1 Å². The first kappa shape index (κ1) is 20.7. The van der Waals surface area contributed by atoms with Gasteiger partial charge in [-0.3, -0.25) is 14.2 Å². The molecule has 0 spiro atoms. The van der Waals surface area contributed by atoms with Gasteiger partial charge in [-0.05, 0) is 55.3 Å². The molecule has 4 aromatic rings. The number of aryl methyl sites for hydroxylation is 2. The molecule has 0 atom stereocenters. The average molecular weight is 432 g/mol. The molecule has 0 radical (unpaired) electrons. The SMILES string of the molecule is Cc1cccc(C)c1NC(=O)CSc1nc2ccc(O)cc2c(=O)n1-c1ccccc1. The Balaban J connectivity index is 1.69. The molecule has 0 aliphatic rings. The third-order valence-electron chi connectivity index (χ3n) is 4.91. The molecule has 6 nitrogen and oxygen atoms in total. The third kappa shape index (κ3) is 4.32. The quantitative estimate of drug-likeness (QED) is 0.361. The van der Waals surface area contributed by atoms with Crippen LogP contribution in [0.3, 0.4) is 0 Å². The van der Waals surface area contributed by atoms with Crippen molar-refractivity contribution in [3.8, 4) is 11.4 Å². The van der Waals surface area contributed by atoms with Crippen molar-refractivity contribution in [2.45, 2.75) is 19.0 Å². The maximum Gasteiger partial charge on any atom is 0.266 e. The Bertz CT molecular complexity index is 1310. The maximum absolute atomic E-state index is 13.2. The fourth-order valence-corrected chi connectivity index (χ4v) is 4.18. The van der Waals surface area contributed by atoms with E-state index in [1.54, 1.807) is 18.2 Å². The van der Waals surface area contributed by atoms with Gasteiger partial charge >= 0.3 is 0 Å². The number of para-hydroxylation sites is 2. The number of phenols is 1. The van der Waals surface area contributed by atoms with Crippen molar-refractivity contribution in [2.24, 2.45) is 0 Å². The van der Waals surface area contributed by atoms with Crippen LogP contribution in [0.1, 0.15) is 11.1 Å². The van der Waals surface area contributed by atoms with Crippen LogP contribution in [-0.2, 0) is 4.79 Å². The second-order valence-corrected chi connectivity index (χ2v) is 8.12. The van der Waals surface area contributed by atoms with E-state index in [0.717, 1.165) is 16.8 Å². The van der Waals surface area contributed by atoms with E-state index in [4.69, 9.17) is 0 Å². The van der Waals surface area contributed by atoms with E-state index in [9.17, 15) is 14.7 Å². The summed E-state index contributed by atoms with van der Waals surface area (Å²) in [5, 5.41) is 13.5. The van der Waals surface area contributed by atoms with Crippen molar-refractivity contribution in [1.82, 2.24) is 9.55 Å². The Kier molecular flexibility index (Phi) is 5.77. The predicted octanol–water partition coefficient (Wildman–Crippen LogP) is 4.44. The minimum Gasteiger partial charge on any atom is -0.508 e. The highest BCUT2D eigenvalue weighted by molar-refractivity contribution is 7.99. The summed E-state index contributed by atoms with van der Waals surface area (Å²) in [6, 6.07) is 19.5. The van der Waals surface area contributed by atoms with Gasteiger partial charge in [0.05, 0.1) is 22.3 Å². The number of hydrogen-bond acceptors (Lipinski definition) is 5. The molecule has 31 heavy (non-hydrogen) atoms. The van der Waals surface area contributed by atoms with Gasteiger partial charge in [-0.25, -0.2) is 4.98 Å². The lowest BCUT2D eigenvalue weighted by Gasteiger charge is -2.14. The normalized spacial score (nSPS) is 10.9. The zero-order valence-corrected chi connectivity index (χ0v) is 17.9. The number of nitrogens with zero attached hydrogens (tertiary/aromatic N) is 2. The van der Waals surface area contributed by atoms with Gasteiger partial charge in [0.2, 0.25) is 5.91 Å². The monoisotopic (exact) mass is 431 g/mol. The van der Waals surface area contributed by atoms with E-state index in [1.807, 2.05) is 50.2 Å². The number of carbonyl (C=O) groups excluding carboxylic acids is 1. The second kappa shape index (κ2) is 8.65. The number of amides is 1. The highest BCUT2D eigenvalue weighted by atomic mass is 32.2. The smallest absolute Gasteiger partial charge is 0.266 e. The fourth-order valence-electron chi connectivity index (χ4n) is 3.37. The minimum absolute atomic E-state index is 0.000562. The summed E-state index contributed by atoms with van der Waals surface area (Å²) in [6.07, 6.45) is 0. The number of nitrogens with one attached hydrogen (secondary N) is 1. The number of phenolic OH excluding ortho intramolecular Hbond substituents is 1. The summed E-state index contributed by atoms with van der Waals surface area (Å²) in [6.45, 7) is 3.90. The van der Waals surface area contributed by atoms with E-state index < -0.39 is 0 Å². The first-order chi connectivity index (χ1) is 14.9. The average Bonchev–Trinajstić information content (AvgIpc) is 2.76. The zero-order chi connectivity index (χ0) is 22.0. The molecule has 1 heterocycles. The number of carbonyl (C=O) groups is 1. The summed E-state index contributed by atoms with van der Waals surface area (Å²) in [7, 11) is 0. The number of rotatable bonds is 5. The molecule has 0 fully saturated rings. The molecular formula is C24H21N3O3S. The van der Waals surface area contributed by atoms with Gasteiger partial charge in [0.15, 0.2) is 5.16 Å². The summed E-state index contributed by atoms with van der Waals surface area (Å²) >= 11 is 1.19. The second-order valence-electron chi connectivity index (χ2n) is 7.18. The van der Waals surface area contributed by atoms with Crippen LogP contribution in [0.15, 0.2) is 76.7 Å². The Morgan fingerprint density at radius 1 is 1.03 bits per heavy atom. The van der Waals surface area contributed by atoms with Crippen molar-refractivity contribution >= 4 is 34.3 Å². The van der Waals surface area contributed by atoms with E-state index in [1.165, 1.54) is 28.5 Å². The van der Waals surface area contributed by atoms with Crippen LogP contribution in [-0.4, -0.2) is 26.3 Å². The topological polar surface area (TPSA) is 84.2 Å². The highest BCUT2D eigenvalue weighted by Crippen LogP contribution is 2.24. The number of thioether (sulfide) groups is 1. The molecule has 3 aromatic carbocycles. The number of benzene rings is 3. The predicted molar refractivity (Wildman–Crippen MR) is 124 cm³/mol. The van der Waals surface area contributed by atoms with Crippen LogP contribution in [0.5, 0.6) is 5.75 Å². The molecule has 1 amide bonds. The van der Waals surface area contributed by atoms with Crippen molar-refractivity contribution in [3.63, 3.8) is 0 Å². The first-order valence-corrected chi connectivity index (χ1v) is 10.7. The van der Waals surface area contributed by atoms with Gasteiger partial charge in [0.1, 0.15) is 5.75 Å². The van der Waals surface area contributed by atoms with Crippen LogP contribution < -0.4 is 10.9 Å². The molecule has 156 valence electrons. The molecule has 0 aliphatic carbocycles. The molecule has 4 rings (SSSR count). The largest absolute Gasteiger partial charge is 0.508 e. The third-order valence-corrected chi connectivity index (χ3v) is 5.85. The van der Waals surface area contributed by atoms with Crippen molar-refractivity contribution < 1.29 is 9.90 Å². The first-order valence-electron chi connectivity index (χ1n) is 9.74. The van der Waals surface area contributed by atoms with Crippen LogP contribution in [0.2, 0.25) is 0 Å². The number of anilines is 1. The van der Waals surface area contributed by atoms with Crippen molar-refractivity contribution in [3.05, 3.63) is 88.2 Å². The van der Waals surface area contributed by atoms with Gasteiger partial charge in [0, 0.05) is 5.69 Å². The van der Waals surface area contributed by atoms with Crippen LogP contribution >= 0.6 is 11.8 Å². The number of hydrogen-bond donors (Lipinski definition) is 2. The van der Waals surface area contributed by atoms with Gasteiger partial charge in [-0.15, -0.1) is 0 Å². The molecule has 1 aromatic heterocycles. The highest BCUT2D eigenvalue weighted by Gasteiger charge is 2.16. The lowest BCUT2D eigenvalue weighted by Crippen LogP contribution is -2.23. The van der Waals surface area contributed by atoms with E-state index >= 15 is 0 Å². The Morgan fingerprint density at radius 2 is 1.74 bits per heavy atom. The number of aromatic hydroxyl groups is 1. The van der Waals surface area contributed by atoms with E-state index in [-0.39, 0.29) is 23.0 Å². The summed E-state index contributed by atoms with van der Waals surface area (Å²) in [5.41, 5.74) is 3.59. The van der Waals surface area contributed by atoms with Crippen molar-refractivity contribution in [1.29, 1.82) is 0 Å². The summed E-state index contributed by atoms with van der Waals surface area (Å²) in [5.74, 6) is -0.0853. The maximum atomic E-state index is 13.2. The van der Waals surface area contributed by atoms with Gasteiger partial charge < -0.3 is 10.4 Å². The van der Waals surface area contributed by atoms with Gasteiger partial charge in [0.25, 0.3) is 5.56 Å². The molecule has 0 saturated heterocycles. The molecular weight excluding hydrogens is 410 g/mol. The van der Waals surface area contributed by atoms with Crippen LogP contribution in [0.25, 0.3) is 16.6 Å². The molecule has 0 unspecified atom stereocenters. The Morgan fingerprint density at radius 3 is 2.45 bits per heavy atom. The zero-order valence-electron chi connectivity index (χ0n) is 17.1. The van der Waals surface area contributed by atoms with E-state index in [2.05, 4.69) is 10.3 Å². The number of fused-ring (bicyclic) bond motifs is 1. The van der Waals surface area contributed by atoms with Crippen LogP contribution in [0.4, 0.5) is 5.69 Å². The van der Waals surface area contributed by atoms with Gasteiger partial charge in [-0.1, -0.05) is 48.2 Å². The Labute approximate surface area is 183 Å². The lowest BCUT2D eigenvalue weighted by atomic mass is 10.1. The van der Waals surface area contributed by atoms with Crippen LogP contribution in [0, 0.1) is 13.8 Å².